The summed E-state index contributed by atoms with van der Waals surface area (Å²) < 4.78 is 18.5. The Hall–Kier alpha value is -2.37. The maximum atomic E-state index is 13.2. The number of benzene rings is 2. The minimum Gasteiger partial charge on any atom is -0.444 e. The molecule has 24 heavy (non-hydrogen) atoms. The molecule has 0 N–H and O–H groups in total. The smallest absolute Gasteiger partial charge is 0.226 e. The average molecular weight is 365 g/mol. The Labute approximate surface area is 147 Å². The summed E-state index contributed by atoms with van der Waals surface area (Å²) in [4.78, 5) is 9.38. The Morgan fingerprint density at radius 1 is 1.17 bits per heavy atom. The summed E-state index contributed by atoms with van der Waals surface area (Å²) in [6, 6.07) is 11.1. The Kier molecular flexibility index (Phi) is 5.13. The molecule has 0 spiro atoms. The van der Waals surface area contributed by atoms with Crippen LogP contribution in [0.2, 0.25) is 10.0 Å². The van der Waals surface area contributed by atoms with Crippen molar-refractivity contribution in [3.63, 3.8) is 0 Å². The van der Waals surface area contributed by atoms with Crippen molar-refractivity contribution in [1.82, 2.24) is 4.98 Å². The summed E-state index contributed by atoms with van der Waals surface area (Å²) in [6.07, 6.45) is 2.95. The van der Waals surface area contributed by atoms with Gasteiger partial charge in [0.05, 0.1) is 16.3 Å². The molecule has 122 valence electrons. The molecule has 0 atom stereocenters. The minimum absolute atomic E-state index is 0.122. The molecule has 0 aliphatic carbocycles. The highest BCUT2D eigenvalue weighted by Gasteiger charge is 2.07. The third-order valence-corrected chi connectivity index (χ3v) is 3.79. The fourth-order valence-electron chi connectivity index (χ4n) is 1.92. The molecule has 3 aromatic rings. The second kappa shape index (κ2) is 7.47. The fourth-order valence-corrected chi connectivity index (χ4v) is 2.23. The predicted molar refractivity (Wildman–Crippen MR) is 90.7 cm³/mol. The van der Waals surface area contributed by atoms with Crippen LogP contribution in [0.4, 0.5) is 4.39 Å². The van der Waals surface area contributed by atoms with Crippen molar-refractivity contribution in [3.05, 3.63) is 75.8 Å². The van der Waals surface area contributed by atoms with E-state index in [-0.39, 0.29) is 12.4 Å². The van der Waals surface area contributed by atoms with Crippen molar-refractivity contribution < 1.29 is 13.6 Å². The summed E-state index contributed by atoms with van der Waals surface area (Å²) in [5, 5.41) is 4.75. The molecule has 0 aliphatic rings. The molecule has 0 radical (unpaired) electrons. The number of oxazole rings is 1. The fraction of sp³-hybridized carbons (Fsp3) is 0.0588. The van der Waals surface area contributed by atoms with Crippen molar-refractivity contribution in [2.75, 3.05) is 0 Å². The van der Waals surface area contributed by atoms with Crippen LogP contribution in [0.15, 0.2) is 58.3 Å². The molecule has 4 nitrogen and oxygen atoms in total. The number of aromatic nitrogens is 1. The zero-order valence-electron chi connectivity index (χ0n) is 12.2. The lowest BCUT2D eigenvalue weighted by molar-refractivity contribution is 0.129. The van der Waals surface area contributed by atoms with Gasteiger partial charge in [-0.25, -0.2) is 9.37 Å². The van der Waals surface area contributed by atoms with Gasteiger partial charge in [0.25, 0.3) is 0 Å². The highest BCUT2D eigenvalue weighted by Crippen LogP contribution is 2.22. The van der Waals surface area contributed by atoms with Gasteiger partial charge in [0, 0.05) is 5.56 Å². The van der Waals surface area contributed by atoms with Crippen molar-refractivity contribution in [1.29, 1.82) is 0 Å². The molecule has 0 saturated heterocycles. The van der Waals surface area contributed by atoms with E-state index >= 15 is 0 Å². The molecule has 3 rings (SSSR count). The predicted octanol–water partition coefficient (Wildman–Crippen LogP) is 5.34. The Bertz CT molecular complexity index is 881. The van der Waals surface area contributed by atoms with Gasteiger partial charge in [0.1, 0.15) is 17.8 Å². The third kappa shape index (κ3) is 4.13. The molecule has 1 heterocycles. The van der Waals surface area contributed by atoms with Crippen LogP contribution >= 0.6 is 23.2 Å². The normalized spacial score (nSPS) is 11.1. The van der Waals surface area contributed by atoms with Crippen LogP contribution in [0.3, 0.4) is 0 Å². The molecule has 0 amide bonds. The van der Waals surface area contributed by atoms with Crippen LogP contribution in [0.1, 0.15) is 11.3 Å². The van der Waals surface area contributed by atoms with Gasteiger partial charge in [0.15, 0.2) is 6.61 Å². The van der Waals surface area contributed by atoms with Crippen molar-refractivity contribution >= 4 is 29.4 Å². The van der Waals surface area contributed by atoms with Gasteiger partial charge >= 0.3 is 0 Å². The SMILES string of the molecule is Fc1cccc(-c2nc(CO/N=C/c3ccc(Cl)c(Cl)c3)co2)c1. The van der Waals surface area contributed by atoms with E-state index in [2.05, 4.69) is 10.1 Å². The lowest BCUT2D eigenvalue weighted by Gasteiger charge is -1.97. The lowest BCUT2D eigenvalue weighted by atomic mass is 10.2. The van der Waals surface area contributed by atoms with E-state index in [4.69, 9.17) is 32.5 Å². The zero-order chi connectivity index (χ0) is 16.9. The molecule has 0 fully saturated rings. The van der Waals surface area contributed by atoms with Gasteiger partial charge < -0.3 is 9.25 Å². The number of rotatable bonds is 5. The van der Waals surface area contributed by atoms with Crippen molar-refractivity contribution in [2.24, 2.45) is 5.16 Å². The van der Waals surface area contributed by atoms with Crippen molar-refractivity contribution in [2.45, 2.75) is 6.61 Å². The van der Waals surface area contributed by atoms with E-state index in [1.807, 2.05) is 0 Å². The molecule has 0 aliphatic heterocycles. The molecule has 0 unspecified atom stereocenters. The number of hydrogen-bond donors (Lipinski definition) is 0. The van der Waals surface area contributed by atoms with E-state index in [1.165, 1.54) is 24.6 Å². The quantitative estimate of drug-likeness (QED) is 0.453. The number of hydrogen-bond acceptors (Lipinski definition) is 4. The van der Waals surface area contributed by atoms with E-state index < -0.39 is 0 Å². The third-order valence-electron chi connectivity index (χ3n) is 3.06. The first-order valence-electron chi connectivity index (χ1n) is 6.92. The summed E-state index contributed by atoms with van der Waals surface area (Å²) in [6.45, 7) is 0.122. The van der Waals surface area contributed by atoms with Crippen LogP contribution in [0.25, 0.3) is 11.5 Å². The van der Waals surface area contributed by atoms with E-state index in [1.54, 1.807) is 30.3 Å². The molecule has 0 bridgehead atoms. The molecule has 7 heteroatoms. The first-order chi connectivity index (χ1) is 11.6. The molecule has 2 aromatic carbocycles. The maximum Gasteiger partial charge on any atom is 0.226 e. The highest BCUT2D eigenvalue weighted by atomic mass is 35.5. The summed E-state index contributed by atoms with van der Waals surface area (Å²) in [5.41, 5.74) is 1.85. The molecule has 0 saturated carbocycles. The van der Waals surface area contributed by atoms with Crippen LogP contribution in [-0.4, -0.2) is 11.2 Å². The summed E-state index contributed by atoms with van der Waals surface area (Å²) >= 11 is 11.7. The summed E-state index contributed by atoms with van der Waals surface area (Å²) in [7, 11) is 0. The van der Waals surface area contributed by atoms with Crippen LogP contribution in [0.5, 0.6) is 0 Å². The van der Waals surface area contributed by atoms with Gasteiger partial charge in [0.2, 0.25) is 5.89 Å². The lowest BCUT2D eigenvalue weighted by Crippen LogP contribution is -1.89. The molecular formula is C17H11Cl2FN2O2. The van der Waals surface area contributed by atoms with Gasteiger partial charge in [-0.15, -0.1) is 0 Å². The van der Waals surface area contributed by atoms with Gasteiger partial charge in [-0.3, -0.25) is 0 Å². The monoisotopic (exact) mass is 364 g/mol. The van der Waals surface area contributed by atoms with Crippen molar-refractivity contribution in [3.8, 4) is 11.5 Å². The second-order valence-electron chi connectivity index (χ2n) is 4.84. The van der Waals surface area contributed by atoms with Crippen LogP contribution in [-0.2, 0) is 11.4 Å². The second-order valence-corrected chi connectivity index (χ2v) is 5.65. The van der Waals surface area contributed by atoms with E-state index in [0.29, 0.717) is 27.2 Å². The summed E-state index contributed by atoms with van der Waals surface area (Å²) in [5.74, 6) is -0.0312. The van der Waals surface area contributed by atoms with Gasteiger partial charge in [-0.1, -0.05) is 40.5 Å². The van der Waals surface area contributed by atoms with Crippen LogP contribution < -0.4 is 0 Å². The topological polar surface area (TPSA) is 47.6 Å². The van der Waals surface area contributed by atoms with Crippen LogP contribution in [0, 0.1) is 5.82 Å². The Morgan fingerprint density at radius 3 is 2.83 bits per heavy atom. The number of oxime groups is 1. The van der Waals surface area contributed by atoms with E-state index in [9.17, 15) is 4.39 Å². The minimum atomic E-state index is -0.352. The molecular weight excluding hydrogens is 354 g/mol. The number of halogens is 3. The number of nitrogens with zero attached hydrogens (tertiary/aromatic N) is 2. The average Bonchev–Trinajstić information content (AvgIpc) is 3.04. The zero-order valence-corrected chi connectivity index (χ0v) is 13.8. The first kappa shape index (κ1) is 16.5. The molecule has 1 aromatic heterocycles. The van der Waals surface area contributed by atoms with E-state index in [0.717, 1.165) is 5.56 Å². The first-order valence-corrected chi connectivity index (χ1v) is 7.68. The van der Waals surface area contributed by atoms with Gasteiger partial charge in [-0.2, -0.15) is 0 Å². The Morgan fingerprint density at radius 2 is 2.04 bits per heavy atom. The van der Waals surface area contributed by atoms with Gasteiger partial charge in [-0.05, 0) is 35.9 Å². The largest absolute Gasteiger partial charge is 0.444 e. The standard InChI is InChI=1S/C17H11Cl2FN2O2/c18-15-5-4-11(6-16(15)19)8-21-24-10-14-9-23-17(22-14)12-2-1-3-13(20)7-12/h1-9H,10H2/b21-8+. The highest BCUT2D eigenvalue weighted by molar-refractivity contribution is 6.42. The Balaban J connectivity index is 1.59. The maximum absolute atomic E-state index is 13.2.